The fourth-order valence-electron chi connectivity index (χ4n) is 2.57. The molecular weight excluding hydrogens is 228 g/mol. The Morgan fingerprint density at radius 1 is 1.24 bits per heavy atom. The van der Waals surface area contributed by atoms with Crippen LogP contribution in [0.4, 0.5) is 0 Å². The molecule has 0 spiro atoms. The molecule has 1 heterocycles. The molecule has 2 rings (SSSR count). The smallest absolute Gasteiger partial charge is 0.0295 e. The Morgan fingerprint density at radius 2 is 1.88 bits per heavy atom. The van der Waals surface area contributed by atoms with Gasteiger partial charge in [-0.3, -0.25) is 4.98 Å². The summed E-state index contributed by atoms with van der Waals surface area (Å²) in [5.41, 5.74) is 1.34. The van der Waals surface area contributed by atoms with Crippen LogP contribution in [-0.4, -0.2) is 22.5 Å². The van der Waals surface area contributed by atoms with Gasteiger partial charge in [0.2, 0.25) is 0 Å². The maximum absolute atomic E-state index is 4.07. The van der Waals surface area contributed by atoms with Crippen LogP contribution in [0.3, 0.4) is 0 Å². The van der Waals surface area contributed by atoms with Crippen molar-refractivity contribution < 1.29 is 0 Å². The van der Waals surface area contributed by atoms with Gasteiger partial charge in [0.15, 0.2) is 0 Å². The third-order valence-corrected chi connectivity index (χ3v) is 4.84. The lowest BCUT2D eigenvalue weighted by atomic mass is 9.94. The van der Waals surface area contributed by atoms with Crippen LogP contribution in [0.25, 0.3) is 0 Å². The van der Waals surface area contributed by atoms with Crippen LogP contribution in [0.15, 0.2) is 24.5 Å². The highest BCUT2D eigenvalue weighted by Gasteiger charge is 2.21. The Hall–Kier alpha value is -0.540. The van der Waals surface area contributed by atoms with E-state index in [0.29, 0.717) is 12.1 Å². The van der Waals surface area contributed by atoms with Crippen molar-refractivity contribution in [1.29, 1.82) is 0 Å². The molecule has 0 bridgehead atoms. The zero-order valence-corrected chi connectivity index (χ0v) is 11.5. The summed E-state index contributed by atoms with van der Waals surface area (Å²) in [5, 5.41) is 4.64. The summed E-state index contributed by atoms with van der Waals surface area (Å²) in [6.45, 7) is 2.25. The second-order valence-corrected chi connectivity index (χ2v) is 6.02. The fraction of sp³-hybridized carbons (Fsp3) is 0.643. The predicted molar refractivity (Wildman–Crippen MR) is 75.3 cm³/mol. The molecule has 94 valence electrons. The molecule has 1 unspecified atom stereocenters. The Morgan fingerprint density at radius 3 is 2.47 bits per heavy atom. The number of thioether (sulfide) groups is 1. The van der Waals surface area contributed by atoms with Gasteiger partial charge in [-0.05, 0) is 56.6 Å². The van der Waals surface area contributed by atoms with Crippen LogP contribution >= 0.6 is 11.8 Å². The van der Waals surface area contributed by atoms with Gasteiger partial charge in [0, 0.05) is 29.7 Å². The molecule has 3 heteroatoms. The summed E-state index contributed by atoms with van der Waals surface area (Å²) in [4.78, 5) is 4.07. The number of rotatable bonds is 4. The minimum absolute atomic E-state index is 0.439. The first kappa shape index (κ1) is 12.9. The van der Waals surface area contributed by atoms with Crippen molar-refractivity contribution >= 4 is 11.8 Å². The van der Waals surface area contributed by atoms with E-state index < -0.39 is 0 Å². The van der Waals surface area contributed by atoms with E-state index in [2.05, 4.69) is 35.6 Å². The van der Waals surface area contributed by atoms with Gasteiger partial charge in [0.25, 0.3) is 0 Å². The lowest BCUT2D eigenvalue weighted by Gasteiger charge is -2.30. The van der Waals surface area contributed by atoms with Gasteiger partial charge >= 0.3 is 0 Å². The van der Waals surface area contributed by atoms with Crippen molar-refractivity contribution in [3.8, 4) is 0 Å². The van der Waals surface area contributed by atoms with Gasteiger partial charge in [0.05, 0.1) is 0 Å². The van der Waals surface area contributed by atoms with E-state index >= 15 is 0 Å². The lowest BCUT2D eigenvalue weighted by Crippen LogP contribution is -2.35. The maximum Gasteiger partial charge on any atom is 0.0295 e. The van der Waals surface area contributed by atoms with Gasteiger partial charge in [0.1, 0.15) is 0 Å². The highest BCUT2D eigenvalue weighted by molar-refractivity contribution is 7.99. The maximum atomic E-state index is 4.07. The van der Waals surface area contributed by atoms with Crippen LogP contribution in [-0.2, 0) is 0 Å². The number of nitrogens with one attached hydrogen (secondary N) is 1. The number of aromatic nitrogens is 1. The monoisotopic (exact) mass is 250 g/mol. The zero-order chi connectivity index (χ0) is 12.1. The van der Waals surface area contributed by atoms with Crippen molar-refractivity contribution in [2.75, 3.05) is 6.26 Å². The summed E-state index contributed by atoms with van der Waals surface area (Å²) in [7, 11) is 0. The van der Waals surface area contributed by atoms with Gasteiger partial charge in [-0.25, -0.2) is 0 Å². The first-order valence-corrected chi connectivity index (χ1v) is 7.77. The van der Waals surface area contributed by atoms with Crippen molar-refractivity contribution in [1.82, 2.24) is 10.3 Å². The van der Waals surface area contributed by atoms with Crippen LogP contribution in [0, 0.1) is 0 Å². The molecule has 0 aliphatic heterocycles. The number of nitrogens with zero attached hydrogens (tertiary/aromatic N) is 1. The molecule has 1 aromatic heterocycles. The van der Waals surface area contributed by atoms with E-state index in [4.69, 9.17) is 0 Å². The average molecular weight is 250 g/mol. The summed E-state index contributed by atoms with van der Waals surface area (Å²) in [6, 6.07) is 5.34. The van der Waals surface area contributed by atoms with E-state index in [1.165, 1.54) is 31.2 Å². The minimum atomic E-state index is 0.439. The number of hydrogen-bond donors (Lipinski definition) is 1. The number of hydrogen-bond acceptors (Lipinski definition) is 3. The third kappa shape index (κ3) is 3.71. The quantitative estimate of drug-likeness (QED) is 0.886. The molecule has 1 N–H and O–H groups in total. The Kier molecular flexibility index (Phi) is 4.86. The molecule has 1 saturated carbocycles. The summed E-state index contributed by atoms with van der Waals surface area (Å²) in [5.74, 6) is 0. The molecule has 1 fully saturated rings. The Bertz CT molecular complexity index is 320. The van der Waals surface area contributed by atoms with Crippen LogP contribution in [0.2, 0.25) is 0 Å². The molecular formula is C14H22N2S. The van der Waals surface area contributed by atoms with Crippen molar-refractivity contribution in [3.05, 3.63) is 30.1 Å². The highest BCUT2D eigenvalue weighted by Crippen LogP contribution is 2.28. The SMILES string of the molecule is CSC1CCC(NC(C)c2ccncc2)CC1. The third-order valence-electron chi connectivity index (χ3n) is 3.70. The summed E-state index contributed by atoms with van der Waals surface area (Å²) in [6.07, 6.45) is 11.3. The molecule has 1 aliphatic rings. The molecule has 17 heavy (non-hydrogen) atoms. The topological polar surface area (TPSA) is 24.9 Å². The molecule has 0 amide bonds. The second kappa shape index (κ2) is 6.41. The van der Waals surface area contributed by atoms with Crippen LogP contribution in [0.1, 0.15) is 44.2 Å². The minimum Gasteiger partial charge on any atom is -0.307 e. The van der Waals surface area contributed by atoms with Crippen molar-refractivity contribution in [2.24, 2.45) is 0 Å². The first-order valence-electron chi connectivity index (χ1n) is 6.48. The van der Waals surface area contributed by atoms with Crippen molar-refractivity contribution in [2.45, 2.75) is 49.9 Å². The first-order chi connectivity index (χ1) is 8.29. The van der Waals surface area contributed by atoms with Gasteiger partial charge in [-0.2, -0.15) is 11.8 Å². The average Bonchev–Trinajstić information content (AvgIpc) is 2.40. The number of pyridine rings is 1. The lowest BCUT2D eigenvalue weighted by molar-refractivity contribution is 0.352. The van der Waals surface area contributed by atoms with E-state index in [1.807, 2.05) is 24.2 Å². The summed E-state index contributed by atoms with van der Waals surface area (Å²) < 4.78 is 0. The van der Waals surface area contributed by atoms with Crippen LogP contribution in [0.5, 0.6) is 0 Å². The molecule has 1 aromatic rings. The van der Waals surface area contributed by atoms with E-state index in [1.54, 1.807) is 0 Å². The van der Waals surface area contributed by atoms with E-state index in [-0.39, 0.29) is 0 Å². The van der Waals surface area contributed by atoms with Crippen LogP contribution < -0.4 is 5.32 Å². The molecule has 2 nitrogen and oxygen atoms in total. The standard InChI is InChI=1S/C14H22N2S/c1-11(12-7-9-15-10-8-12)16-13-3-5-14(17-2)6-4-13/h7-11,13-14,16H,3-6H2,1-2H3. The van der Waals surface area contributed by atoms with Gasteiger partial charge in [-0.15, -0.1) is 0 Å². The Balaban J connectivity index is 1.82. The molecule has 0 radical (unpaired) electrons. The summed E-state index contributed by atoms with van der Waals surface area (Å²) >= 11 is 2.03. The van der Waals surface area contributed by atoms with E-state index in [9.17, 15) is 0 Å². The van der Waals surface area contributed by atoms with E-state index in [0.717, 1.165) is 5.25 Å². The van der Waals surface area contributed by atoms with Crippen molar-refractivity contribution in [3.63, 3.8) is 0 Å². The largest absolute Gasteiger partial charge is 0.307 e. The molecule has 0 saturated heterocycles. The predicted octanol–water partition coefficient (Wildman–Crippen LogP) is 3.41. The molecule has 0 aromatic carbocycles. The Labute approximate surface area is 109 Å². The molecule has 1 aliphatic carbocycles. The zero-order valence-electron chi connectivity index (χ0n) is 10.7. The normalized spacial score (nSPS) is 26.7. The van der Waals surface area contributed by atoms with Gasteiger partial charge in [-0.1, -0.05) is 0 Å². The fourth-order valence-corrected chi connectivity index (χ4v) is 3.31. The second-order valence-electron chi connectivity index (χ2n) is 4.88. The van der Waals surface area contributed by atoms with Gasteiger partial charge < -0.3 is 5.32 Å². The highest BCUT2D eigenvalue weighted by atomic mass is 32.2. The molecule has 1 atom stereocenters.